The molecule has 1 aromatic rings. The molecule has 0 saturated heterocycles. The average Bonchev–Trinajstić information content (AvgIpc) is 2.29. The lowest BCUT2D eigenvalue weighted by molar-refractivity contribution is 0.117. The van der Waals surface area contributed by atoms with Crippen molar-refractivity contribution in [1.29, 1.82) is 0 Å². The summed E-state index contributed by atoms with van der Waals surface area (Å²) in [4.78, 5) is 8.78. The van der Waals surface area contributed by atoms with E-state index in [0.717, 1.165) is 34.6 Å². The predicted octanol–water partition coefficient (Wildman–Crippen LogP) is 2.48. The summed E-state index contributed by atoms with van der Waals surface area (Å²) in [6.45, 7) is 5.09. The Bertz CT molecular complexity index is 333. The molecule has 1 heterocycles. The van der Waals surface area contributed by atoms with Crippen LogP contribution in [0.25, 0.3) is 0 Å². The van der Waals surface area contributed by atoms with Gasteiger partial charge < -0.3 is 10.1 Å². The number of rotatable bonds is 6. The molecule has 90 valence electrons. The molecule has 0 aliphatic rings. The maximum Gasteiger partial charge on any atom is 0.143 e. The van der Waals surface area contributed by atoms with E-state index in [2.05, 4.69) is 44.8 Å². The molecule has 0 aromatic carbocycles. The molecule has 0 aliphatic heterocycles. The van der Waals surface area contributed by atoms with E-state index in [9.17, 15) is 0 Å². The van der Waals surface area contributed by atoms with Gasteiger partial charge in [0.05, 0.1) is 9.67 Å². The summed E-state index contributed by atoms with van der Waals surface area (Å²) in [7, 11) is 1.70. The van der Waals surface area contributed by atoms with E-state index in [4.69, 9.17) is 4.74 Å². The van der Waals surface area contributed by atoms with Crippen LogP contribution in [0, 0.1) is 3.57 Å². The van der Waals surface area contributed by atoms with E-state index in [0.29, 0.717) is 0 Å². The van der Waals surface area contributed by atoms with Gasteiger partial charge in [-0.05, 0) is 35.9 Å². The number of hydrogen-bond donors (Lipinski definition) is 1. The number of halogens is 1. The molecule has 1 unspecified atom stereocenters. The quantitative estimate of drug-likeness (QED) is 0.812. The smallest absolute Gasteiger partial charge is 0.143 e. The Morgan fingerprint density at radius 2 is 2.31 bits per heavy atom. The molecular formula is C11H18IN3O. The minimum Gasteiger partial charge on any atom is -0.381 e. The van der Waals surface area contributed by atoms with Gasteiger partial charge in [0.2, 0.25) is 0 Å². The van der Waals surface area contributed by atoms with Gasteiger partial charge in [-0.15, -0.1) is 0 Å². The van der Waals surface area contributed by atoms with Crippen LogP contribution in [0.5, 0.6) is 0 Å². The second-order valence-corrected chi connectivity index (χ2v) is 4.82. The topological polar surface area (TPSA) is 47.0 Å². The number of nitrogens with one attached hydrogen (secondary N) is 1. The average molecular weight is 335 g/mol. The Balaban J connectivity index is 2.72. The van der Waals surface area contributed by atoms with Gasteiger partial charge in [0, 0.05) is 26.3 Å². The van der Waals surface area contributed by atoms with Gasteiger partial charge in [-0.25, -0.2) is 9.97 Å². The van der Waals surface area contributed by atoms with Crippen LogP contribution in [-0.4, -0.2) is 29.7 Å². The molecule has 1 atom stereocenters. The highest BCUT2D eigenvalue weighted by atomic mass is 127. The van der Waals surface area contributed by atoms with Crippen LogP contribution in [-0.2, 0) is 11.2 Å². The lowest BCUT2D eigenvalue weighted by atomic mass is 10.2. The second kappa shape index (κ2) is 7.01. The molecule has 1 rings (SSSR count). The van der Waals surface area contributed by atoms with Crippen LogP contribution >= 0.6 is 22.6 Å². The normalized spacial score (nSPS) is 12.5. The van der Waals surface area contributed by atoms with Gasteiger partial charge in [-0.2, -0.15) is 0 Å². The number of ether oxygens (including phenoxy) is 1. The monoisotopic (exact) mass is 335 g/mol. The summed E-state index contributed by atoms with van der Waals surface area (Å²) in [6, 6.07) is 0. The fourth-order valence-electron chi connectivity index (χ4n) is 1.21. The highest BCUT2D eigenvalue weighted by Gasteiger charge is 2.07. The van der Waals surface area contributed by atoms with E-state index < -0.39 is 0 Å². The predicted molar refractivity (Wildman–Crippen MR) is 73.7 cm³/mol. The standard InChI is InChI=1S/C11H18IN3O/c1-4-5-13-11-9(12)7-14-10(15-11)6-8(2)16-3/h7-8H,4-6H2,1-3H3,(H,13,14,15). The van der Waals surface area contributed by atoms with E-state index in [1.807, 2.05) is 13.1 Å². The maximum atomic E-state index is 5.20. The zero-order valence-corrected chi connectivity index (χ0v) is 12.1. The Kier molecular flexibility index (Phi) is 5.97. The van der Waals surface area contributed by atoms with Gasteiger partial charge in [0.1, 0.15) is 11.6 Å². The van der Waals surface area contributed by atoms with Crippen LogP contribution in [0.2, 0.25) is 0 Å². The van der Waals surface area contributed by atoms with Crippen molar-refractivity contribution in [3.63, 3.8) is 0 Å². The summed E-state index contributed by atoms with van der Waals surface area (Å²) < 4.78 is 6.26. The van der Waals surface area contributed by atoms with Gasteiger partial charge in [-0.1, -0.05) is 6.92 Å². The third kappa shape index (κ3) is 4.21. The van der Waals surface area contributed by atoms with Crippen LogP contribution in [0.4, 0.5) is 5.82 Å². The third-order valence-corrected chi connectivity index (χ3v) is 3.00. The van der Waals surface area contributed by atoms with E-state index in [1.54, 1.807) is 7.11 Å². The molecule has 0 radical (unpaired) electrons. The molecule has 0 amide bonds. The van der Waals surface area contributed by atoms with Crippen LogP contribution in [0.3, 0.4) is 0 Å². The molecular weight excluding hydrogens is 317 g/mol. The summed E-state index contributed by atoms with van der Waals surface area (Å²) in [5.41, 5.74) is 0. The SMILES string of the molecule is CCCNc1nc(CC(C)OC)ncc1I. The van der Waals surface area contributed by atoms with Crippen molar-refractivity contribution >= 4 is 28.4 Å². The number of nitrogens with zero attached hydrogens (tertiary/aromatic N) is 2. The van der Waals surface area contributed by atoms with Crippen molar-refractivity contribution < 1.29 is 4.74 Å². The Morgan fingerprint density at radius 3 is 2.94 bits per heavy atom. The molecule has 0 saturated carbocycles. The second-order valence-electron chi connectivity index (χ2n) is 3.66. The van der Waals surface area contributed by atoms with Crippen molar-refractivity contribution in [2.75, 3.05) is 19.0 Å². The van der Waals surface area contributed by atoms with Gasteiger partial charge in [-0.3, -0.25) is 0 Å². The Labute approximate surface area is 110 Å². The fraction of sp³-hybridized carbons (Fsp3) is 0.636. The molecule has 0 aliphatic carbocycles. The minimum atomic E-state index is 0.152. The summed E-state index contributed by atoms with van der Waals surface area (Å²) in [6.07, 6.45) is 3.83. The lowest BCUT2D eigenvalue weighted by Crippen LogP contribution is -2.13. The van der Waals surface area contributed by atoms with Crippen molar-refractivity contribution in [1.82, 2.24) is 9.97 Å². The molecule has 5 heteroatoms. The van der Waals surface area contributed by atoms with Crippen molar-refractivity contribution in [2.24, 2.45) is 0 Å². The summed E-state index contributed by atoms with van der Waals surface area (Å²) in [5.74, 6) is 1.75. The Morgan fingerprint density at radius 1 is 1.56 bits per heavy atom. The molecule has 0 bridgehead atoms. The zero-order chi connectivity index (χ0) is 12.0. The van der Waals surface area contributed by atoms with E-state index in [-0.39, 0.29) is 6.10 Å². The fourth-order valence-corrected chi connectivity index (χ4v) is 1.66. The maximum absolute atomic E-state index is 5.20. The van der Waals surface area contributed by atoms with Crippen molar-refractivity contribution in [3.8, 4) is 0 Å². The van der Waals surface area contributed by atoms with E-state index in [1.165, 1.54) is 0 Å². The first-order valence-electron chi connectivity index (χ1n) is 5.45. The number of hydrogen-bond acceptors (Lipinski definition) is 4. The highest BCUT2D eigenvalue weighted by molar-refractivity contribution is 14.1. The number of anilines is 1. The molecule has 0 fully saturated rings. The number of methoxy groups -OCH3 is 1. The van der Waals surface area contributed by atoms with Gasteiger partial charge >= 0.3 is 0 Å². The lowest BCUT2D eigenvalue weighted by Gasteiger charge is -2.10. The van der Waals surface area contributed by atoms with Gasteiger partial charge in [0.25, 0.3) is 0 Å². The van der Waals surface area contributed by atoms with Crippen molar-refractivity contribution in [3.05, 3.63) is 15.6 Å². The minimum absolute atomic E-state index is 0.152. The van der Waals surface area contributed by atoms with Crippen LogP contribution < -0.4 is 5.32 Å². The highest BCUT2D eigenvalue weighted by Crippen LogP contribution is 2.14. The van der Waals surface area contributed by atoms with Crippen LogP contribution in [0.15, 0.2) is 6.20 Å². The molecule has 1 N–H and O–H groups in total. The van der Waals surface area contributed by atoms with Crippen molar-refractivity contribution in [2.45, 2.75) is 32.8 Å². The molecule has 4 nitrogen and oxygen atoms in total. The Hall–Kier alpha value is -0.430. The first-order valence-corrected chi connectivity index (χ1v) is 6.53. The molecule has 0 spiro atoms. The first-order chi connectivity index (χ1) is 7.67. The number of aromatic nitrogens is 2. The molecule has 1 aromatic heterocycles. The zero-order valence-electron chi connectivity index (χ0n) is 9.96. The largest absolute Gasteiger partial charge is 0.381 e. The van der Waals surface area contributed by atoms with Crippen LogP contribution in [0.1, 0.15) is 26.1 Å². The summed E-state index contributed by atoms with van der Waals surface area (Å²) >= 11 is 2.24. The molecule has 16 heavy (non-hydrogen) atoms. The summed E-state index contributed by atoms with van der Waals surface area (Å²) in [5, 5.41) is 3.29. The van der Waals surface area contributed by atoms with E-state index >= 15 is 0 Å². The van der Waals surface area contributed by atoms with Gasteiger partial charge in [0.15, 0.2) is 0 Å². The first kappa shape index (κ1) is 13.6. The third-order valence-electron chi connectivity index (χ3n) is 2.21.